The molecule has 0 aromatic heterocycles. The van der Waals surface area contributed by atoms with Gasteiger partial charge in [0.05, 0.1) is 24.0 Å². The molecule has 2 rings (SSSR count). The Labute approximate surface area is 179 Å². The van der Waals surface area contributed by atoms with Crippen LogP contribution in [0.2, 0.25) is 0 Å². The molecule has 0 aliphatic carbocycles. The molecule has 8 heteroatoms. The molecule has 0 radical (unpaired) electrons. The third-order valence-corrected chi connectivity index (χ3v) is 4.79. The lowest BCUT2D eigenvalue weighted by molar-refractivity contribution is 0.502. The molecule has 31 heavy (non-hydrogen) atoms. The van der Waals surface area contributed by atoms with E-state index in [9.17, 15) is 19.2 Å². The number of rotatable bonds is 12. The fourth-order valence-electron chi connectivity index (χ4n) is 3.39. The fourth-order valence-corrected chi connectivity index (χ4v) is 3.39. The third-order valence-electron chi connectivity index (χ3n) is 4.79. The van der Waals surface area contributed by atoms with Crippen molar-refractivity contribution in [3.05, 3.63) is 59.7 Å². The van der Waals surface area contributed by atoms with Crippen LogP contribution in [-0.4, -0.2) is 36.9 Å². The lowest BCUT2D eigenvalue weighted by Crippen LogP contribution is -2.18. The van der Waals surface area contributed by atoms with Gasteiger partial charge in [0.25, 0.3) is 0 Å². The van der Waals surface area contributed by atoms with Crippen LogP contribution in [0.1, 0.15) is 42.7 Å². The van der Waals surface area contributed by atoms with Crippen molar-refractivity contribution in [1.82, 2.24) is 0 Å². The Hall–Kier alpha value is -4.04. The van der Waals surface area contributed by atoms with Crippen LogP contribution in [0.25, 0.3) is 0 Å². The number of isocyanates is 4. The number of unbranched alkanes of at least 4 members (excludes halogenated alkanes) is 2. The number of carbonyl (C=O) groups excluding carboxylic acids is 4. The van der Waals surface area contributed by atoms with Crippen molar-refractivity contribution in [2.45, 2.75) is 37.6 Å². The fraction of sp³-hybridized carbons (Fsp3) is 0.304. The van der Waals surface area contributed by atoms with E-state index in [1.165, 1.54) is 18.2 Å². The summed E-state index contributed by atoms with van der Waals surface area (Å²) >= 11 is 0. The SMILES string of the molecule is O=C=NCCCCCC(N=C=O)C(c1ccc(N=C=O)cc1)c1ccc(N=C=O)cc1. The van der Waals surface area contributed by atoms with Crippen molar-refractivity contribution in [3.63, 3.8) is 0 Å². The van der Waals surface area contributed by atoms with Gasteiger partial charge < -0.3 is 0 Å². The average molecular weight is 416 g/mol. The molecule has 2 aromatic carbocycles. The van der Waals surface area contributed by atoms with Gasteiger partial charge in [0, 0.05) is 5.92 Å². The average Bonchev–Trinajstić information content (AvgIpc) is 2.79. The Morgan fingerprint density at radius 1 is 0.645 bits per heavy atom. The molecule has 2 aromatic rings. The number of hydrogen-bond acceptors (Lipinski definition) is 8. The molecule has 1 unspecified atom stereocenters. The maximum atomic E-state index is 11.2. The standard InChI is InChI=1S/C23H20N4O4/c28-14-24-13-3-1-2-4-22(27-17-31)23(18-5-9-20(10-6-18)25-15-29)19-7-11-21(12-8-19)26-16-30/h5-12,22-23H,1-4,13H2. The highest BCUT2D eigenvalue weighted by molar-refractivity contribution is 5.52. The van der Waals surface area contributed by atoms with Gasteiger partial charge in [-0.25, -0.2) is 29.2 Å². The summed E-state index contributed by atoms with van der Waals surface area (Å²) in [6.07, 6.45) is 9.17. The molecular formula is C23H20N4O4. The van der Waals surface area contributed by atoms with E-state index >= 15 is 0 Å². The number of nitrogens with zero attached hydrogens (tertiary/aromatic N) is 4. The second-order valence-electron chi connectivity index (χ2n) is 6.68. The van der Waals surface area contributed by atoms with Crippen molar-refractivity contribution < 1.29 is 19.2 Å². The Balaban J connectivity index is 2.34. The topological polar surface area (TPSA) is 118 Å². The molecular weight excluding hydrogens is 396 g/mol. The van der Waals surface area contributed by atoms with E-state index in [0.717, 1.165) is 30.4 Å². The van der Waals surface area contributed by atoms with Crippen molar-refractivity contribution in [3.8, 4) is 0 Å². The summed E-state index contributed by atoms with van der Waals surface area (Å²) in [5.74, 6) is -0.266. The minimum atomic E-state index is -0.382. The quantitative estimate of drug-likeness (QED) is 0.290. The molecule has 0 aliphatic rings. The third kappa shape index (κ3) is 7.37. The minimum absolute atomic E-state index is 0.266. The molecule has 0 amide bonds. The molecule has 0 spiro atoms. The Bertz CT molecular complexity index is 978. The summed E-state index contributed by atoms with van der Waals surface area (Å²) in [5.41, 5.74) is 2.70. The Morgan fingerprint density at radius 2 is 1.19 bits per heavy atom. The highest BCUT2D eigenvalue weighted by Gasteiger charge is 2.25. The van der Waals surface area contributed by atoms with Crippen LogP contribution in [0.3, 0.4) is 0 Å². The van der Waals surface area contributed by atoms with E-state index in [4.69, 9.17) is 0 Å². The summed E-state index contributed by atoms with van der Waals surface area (Å²) in [6, 6.07) is 13.7. The van der Waals surface area contributed by atoms with Gasteiger partial charge in [-0.05, 0) is 48.2 Å². The summed E-state index contributed by atoms with van der Waals surface area (Å²) in [6.45, 7) is 0.423. The van der Waals surface area contributed by atoms with E-state index < -0.39 is 0 Å². The van der Waals surface area contributed by atoms with Crippen molar-refractivity contribution >= 4 is 35.7 Å². The van der Waals surface area contributed by atoms with Crippen LogP contribution in [-0.2, 0) is 19.2 Å². The first-order chi connectivity index (χ1) is 15.2. The number of hydrogen-bond donors (Lipinski definition) is 0. The largest absolute Gasteiger partial charge is 0.240 e. The van der Waals surface area contributed by atoms with Gasteiger partial charge in [0.1, 0.15) is 0 Å². The van der Waals surface area contributed by atoms with E-state index in [2.05, 4.69) is 20.0 Å². The van der Waals surface area contributed by atoms with E-state index in [1.807, 2.05) is 24.3 Å². The molecule has 0 saturated heterocycles. The summed E-state index contributed by atoms with van der Waals surface area (Å²) in [4.78, 5) is 57.1. The first-order valence-electron chi connectivity index (χ1n) is 9.69. The zero-order valence-electron chi connectivity index (χ0n) is 16.7. The van der Waals surface area contributed by atoms with Gasteiger partial charge in [-0.1, -0.05) is 37.1 Å². The smallest absolute Gasteiger partial charge is 0.211 e. The van der Waals surface area contributed by atoms with E-state index in [-0.39, 0.29) is 12.0 Å². The van der Waals surface area contributed by atoms with Crippen LogP contribution < -0.4 is 0 Å². The summed E-state index contributed by atoms with van der Waals surface area (Å²) in [7, 11) is 0. The molecule has 1 atom stereocenters. The van der Waals surface area contributed by atoms with Gasteiger partial charge in [0.2, 0.25) is 24.3 Å². The van der Waals surface area contributed by atoms with Gasteiger partial charge in [-0.3, -0.25) is 0 Å². The van der Waals surface area contributed by atoms with Gasteiger partial charge >= 0.3 is 0 Å². The van der Waals surface area contributed by atoms with E-state index in [0.29, 0.717) is 24.3 Å². The monoisotopic (exact) mass is 416 g/mol. The lowest BCUT2D eigenvalue weighted by Gasteiger charge is -2.24. The summed E-state index contributed by atoms with van der Waals surface area (Å²) in [5, 5.41) is 0. The Morgan fingerprint density at radius 3 is 1.65 bits per heavy atom. The number of aliphatic imine (C=N–C) groups is 4. The minimum Gasteiger partial charge on any atom is -0.211 e. The van der Waals surface area contributed by atoms with Crippen LogP contribution in [0, 0.1) is 0 Å². The number of benzene rings is 2. The predicted molar refractivity (Wildman–Crippen MR) is 114 cm³/mol. The normalized spacial score (nSPS) is 11.6. The first-order valence-corrected chi connectivity index (χ1v) is 9.69. The molecule has 0 heterocycles. The van der Waals surface area contributed by atoms with Crippen LogP contribution in [0.4, 0.5) is 11.4 Å². The highest BCUT2D eigenvalue weighted by atomic mass is 16.1. The van der Waals surface area contributed by atoms with Gasteiger partial charge in [0.15, 0.2) is 0 Å². The van der Waals surface area contributed by atoms with Crippen LogP contribution >= 0.6 is 0 Å². The molecule has 8 nitrogen and oxygen atoms in total. The zero-order chi connectivity index (χ0) is 22.3. The van der Waals surface area contributed by atoms with Crippen molar-refractivity contribution in [2.75, 3.05) is 6.54 Å². The molecule has 0 fully saturated rings. The zero-order valence-corrected chi connectivity index (χ0v) is 16.7. The molecule has 156 valence electrons. The predicted octanol–water partition coefficient (Wildman–Crippen LogP) is 4.35. The van der Waals surface area contributed by atoms with Crippen LogP contribution in [0.5, 0.6) is 0 Å². The maximum Gasteiger partial charge on any atom is 0.240 e. The summed E-state index contributed by atoms with van der Waals surface area (Å²) < 4.78 is 0. The second kappa shape index (κ2) is 13.2. The Kier molecular flexibility index (Phi) is 9.92. The molecule has 0 saturated carbocycles. The molecule has 0 aliphatic heterocycles. The van der Waals surface area contributed by atoms with Gasteiger partial charge in [-0.15, -0.1) is 0 Å². The van der Waals surface area contributed by atoms with Crippen molar-refractivity contribution in [1.29, 1.82) is 0 Å². The lowest BCUT2D eigenvalue weighted by atomic mass is 9.83. The molecule has 0 bridgehead atoms. The first kappa shape index (κ1) is 23.2. The second-order valence-corrected chi connectivity index (χ2v) is 6.68. The highest BCUT2D eigenvalue weighted by Crippen LogP contribution is 2.34. The maximum absolute atomic E-state index is 11.2. The van der Waals surface area contributed by atoms with Crippen LogP contribution in [0.15, 0.2) is 68.5 Å². The van der Waals surface area contributed by atoms with Gasteiger partial charge in [-0.2, -0.15) is 9.98 Å². The molecule has 0 N–H and O–H groups in total. The van der Waals surface area contributed by atoms with E-state index in [1.54, 1.807) is 30.3 Å². The van der Waals surface area contributed by atoms with Crippen molar-refractivity contribution in [2.24, 2.45) is 20.0 Å².